The molecule has 0 bridgehead atoms. The lowest BCUT2D eigenvalue weighted by Crippen LogP contribution is -2.53. The first-order valence-corrected chi connectivity index (χ1v) is 9.12. The van der Waals surface area contributed by atoms with Gasteiger partial charge in [0.15, 0.2) is 0 Å². The van der Waals surface area contributed by atoms with Crippen molar-refractivity contribution in [3.8, 4) is 0 Å². The molecule has 0 atom stereocenters. The summed E-state index contributed by atoms with van der Waals surface area (Å²) < 4.78 is 5.59. The number of piperidine rings is 2. The maximum Gasteiger partial charge on any atom is 0.225 e. The molecule has 0 unspecified atom stereocenters. The lowest BCUT2D eigenvalue weighted by atomic mass is 9.72. The van der Waals surface area contributed by atoms with Crippen LogP contribution in [0, 0.1) is 5.41 Å². The van der Waals surface area contributed by atoms with Gasteiger partial charge in [-0.15, -0.1) is 0 Å². The van der Waals surface area contributed by atoms with Crippen LogP contribution in [0.4, 0.5) is 0 Å². The molecule has 1 spiro atoms. The summed E-state index contributed by atoms with van der Waals surface area (Å²) in [6.45, 7) is 5.42. The molecule has 1 aliphatic carbocycles. The van der Waals surface area contributed by atoms with Crippen LogP contribution in [0.3, 0.4) is 0 Å². The third-order valence-corrected chi connectivity index (χ3v) is 6.48. The maximum absolute atomic E-state index is 12.6. The number of hydrogen-bond acceptors (Lipinski definition) is 3. The number of rotatable bonds is 4. The van der Waals surface area contributed by atoms with Gasteiger partial charge in [-0.2, -0.15) is 0 Å². The molecule has 5 heteroatoms. The zero-order chi connectivity index (χ0) is 16.5. The van der Waals surface area contributed by atoms with Crippen LogP contribution >= 0.6 is 0 Å². The van der Waals surface area contributed by atoms with Gasteiger partial charge in [-0.25, -0.2) is 0 Å². The minimum atomic E-state index is -0.178. The Morgan fingerprint density at radius 3 is 2.39 bits per heavy atom. The zero-order valence-corrected chi connectivity index (χ0v) is 14.6. The van der Waals surface area contributed by atoms with Gasteiger partial charge in [0.25, 0.3) is 0 Å². The highest BCUT2D eigenvalue weighted by molar-refractivity contribution is 5.78. The van der Waals surface area contributed by atoms with Crippen LogP contribution in [-0.2, 0) is 14.3 Å². The second-order valence-electron chi connectivity index (χ2n) is 7.71. The van der Waals surface area contributed by atoms with E-state index in [1.165, 1.54) is 6.42 Å². The van der Waals surface area contributed by atoms with Crippen LogP contribution in [0.25, 0.3) is 0 Å². The summed E-state index contributed by atoms with van der Waals surface area (Å²) in [5.41, 5.74) is 0.0681. The molecule has 3 aliphatic rings. The number of methoxy groups -OCH3 is 1. The van der Waals surface area contributed by atoms with Crippen LogP contribution in [0.15, 0.2) is 0 Å². The van der Waals surface area contributed by atoms with Crippen LogP contribution < -0.4 is 0 Å². The third-order valence-electron chi connectivity index (χ3n) is 6.48. The number of carbonyl (C=O) groups is 2. The van der Waals surface area contributed by atoms with Crippen molar-refractivity contribution >= 4 is 11.8 Å². The van der Waals surface area contributed by atoms with Gasteiger partial charge in [0.1, 0.15) is 0 Å². The van der Waals surface area contributed by atoms with Crippen molar-refractivity contribution in [2.75, 3.05) is 33.3 Å². The molecular weight excluding hydrogens is 292 g/mol. The quantitative estimate of drug-likeness (QED) is 0.797. The zero-order valence-electron chi connectivity index (χ0n) is 14.6. The van der Waals surface area contributed by atoms with E-state index in [0.717, 1.165) is 58.3 Å². The number of hydrogen-bond donors (Lipinski definition) is 0. The Morgan fingerprint density at radius 1 is 1.17 bits per heavy atom. The highest BCUT2D eigenvalue weighted by Crippen LogP contribution is 2.42. The summed E-state index contributed by atoms with van der Waals surface area (Å²) in [6, 6.07) is 0. The predicted molar refractivity (Wildman–Crippen MR) is 87.9 cm³/mol. The molecule has 1 saturated carbocycles. The smallest absolute Gasteiger partial charge is 0.225 e. The first-order chi connectivity index (χ1) is 11.0. The Balaban J connectivity index is 1.54. The van der Waals surface area contributed by atoms with Gasteiger partial charge in [0.2, 0.25) is 11.8 Å². The monoisotopic (exact) mass is 322 g/mol. The van der Waals surface area contributed by atoms with Crippen LogP contribution in [0.1, 0.15) is 58.3 Å². The molecule has 0 aromatic carbocycles. The molecule has 3 rings (SSSR count). The largest absolute Gasteiger partial charge is 0.378 e. The van der Waals surface area contributed by atoms with Crippen molar-refractivity contribution in [2.24, 2.45) is 5.41 Å². The average molecular weight is 322 g/mol. The molecule has 0 N–H and O–H groups in total. The van der Waals surface area contributed by atoms with E-state index in [4.69, 9.17) is 4.74 Å². The molecule has 2 aliphatic heterocycles. The van der Waals surface area contributed by atoms with Crippen molar-refractivity contribution < 1.29 is 14.3 Å². The number of amides is 2. The minimum Gasteiger partial charge on any atom is -0.378 e. The fourth-order valence-electron chi connectivity index (χ4n) is 4.44. The lowest BCUT2D eigenvalue weighted by Gasteiger charge is -2.48. The Labute approximate surface area is 139 Å². The number of likely N-dealkylation sites (tertiary alicyclic amines) is 2. The summed E-state index contributed by atoms with van der Waals surface area (Å²) in [6.07, 6.45) is 7.47. The highest BCUT2D eigenvalue weighted by atomic mass is 16.5. The van der Waals surface area contributed by atoms with E-state index in [1.54, 1.807) is 7.11 Å². The van der Waals surface area contributed by atoms with E-state index in [0.29, 0.717) is 18.7 Å². The summed E-state index contributed by atoms with van der Waals surface area (Å²) in [4.78, 5) is 28.5. The molecule has 130 valence electrons. The highest BCUT2D eigenvalue weighted by Gasteiger charge is 2.44. The van der Waals surface area contributed by atoms with Gasteiger partial charge in [-0.3, -0.25) is 9.59 Å². The SMILES string of the molecule is CCN1CC2(CCC1=O)CCN(C(=O)CC1(OC)CCC1)CC2. The molecule has 2 saturated heterocycles. The Hall–Kier alpha value is -1.10. The summed E-state index contributed by atoms with van der Waals surface area (Å²) in [5, 5.41) is 0. The minimum absolute atomic E-state index is 0.178. The van der Waals surface area contributed by atoms with Crippen molar-refractivity contribution in [1.82, 2.24) is 9.80 Å². The van der Waals surface area contributed by atoms with Crippen LogP contribution in [0.5, 0.6) is 0 Å². The number of ether oxygens (including phenoxy) is 1. The third kappa shape index (κ3) is 3.25. The number of carbonyl (C=O) groups excluding carboxylic acids is 2. The molecular formula is C18H30N2O3. The Morgan fingerprint density at radius 2 is 1.87 bits per heavy atom. The van der Waals surface area contributed by atoms with Gasteiger partial charge < -0.3 is 14.5 Å². The fraction of sp³-hybridized carbons (Fsp3) is 0.889. The first-order valence-electron chi connectivity index (χ1n) is 9.12. The first kappa shape index (κ1) is 16.7. The van der Waals surface area contributed by atoms with Gasteiger partial charge in [-0.05, 0) is 50.9 Å². The van der Waals surface area contributed by atoms with Crippen molar-refractivity contribution in [2.45, 2.75) is 63.9 Å². The van der Waals surface area contributed by atoms with Gasteiger partial charge in [0.05, 0.1) is 12.0 Å². The Kier molecular flexibility index (Phi) is 4.68. The molecule has 23 heavy (non-hydrogen) atoms. The van der Waals surface area contributed by atoms with Crippen molar-refractivity contribution in [1.29, 1.82) is 0 Å². The van der Waals surface area contributed by atoms with E-state index in [1.807, 2.05) is 9.80 Å². The Bertz CT molecular complexity index is 459. The standard InChI is InChI=1S/C18H30N2O3/c1-3-19-14-17(8-5-15(19)21)9-11-20(12-10-17)16(22)13-18(23-2)6-4-7-18/h3-14H2,1-2H3. The van der Waals surface area contributed by atoms with E-state index in [2.05, 4.69) is 6.92 Å². The van der Waals surface area contributed by atoms with E-state index in [9.17, 15) is 9.59 Å². The molecule has 0 aromatic heterocycles. The summed E-state index contributed by atoms with van der Waals surface area (Å²) >= 11 is 0. The van der Waals surface area contributed by atoms with E-state index in [-0.39, 0.29) is 16.9 Å². The topological polar surface area (TPSA) is 49.9 Å². The molecule has 0 radical (unpaired) electrons. The predicted octanol–water partition coefficient (Wildman–Crippen LogP) is 2.20. The maximum atomic E-state index is 12.6. The van der Waals surface area contributed by atoms with Crippen molar-refractivity contribution in [3.05, 3.63) is 0 Å². The van der Waals surface area contributed by atoms with Gasteiger partial charge in [0, 0.05) is 39.7 Å². The van der Waals surface area contributed by atoms with Crippen molar-refractivity contribution in [3.63, 3.8) is 0 Å². The van der Waals surface area contributed by atoms with E-state index < -0.39 is 0 Å². The lowest BCUT2D eigenvalue weighted by molar-refractivity contribution is -0.149. The van der Waals surface area contributed by atoms with Crippen LogP contribution in [0.2, 0.25) is 0 Å². The average Bonchev–Trinajstić information content (AvgIpc) is 2.54. The molecule has 5 nitrogen and oxygen atoms in total. The second-order valence-corrected chi connectivity index (χ2v) is 7.71. The van der Waals surface area contributed by atoms with E-state index >= 15 is 0 Å². The second kappa shape index (κ2) is 6.42. The normalized spacial score (nSPS) is 26.3. The molecule has 2 heterocycles. The molecule has 0 aromatic rings. The molecule has 2 amide bonds. The summed E-state index contributed by atoms with van der Waals surface area (Å²) in [7, 11) is 1.73. The van der Waals surface area contributed by atoms with Gasteiger partial charge in [-0.1, -0.05) is 0 Å². The summed E-state index contributed by atoms with van der Waals surface area (Å²) in [5.74, 6) is 0.546. The molecule has 3 fully saturated rings. The number of nitrogens with zero attached hydrogens (tertiary/aromatic N) is 2. The fourth-order valence-corrected chi connectivity index (χ4v) is 4.44. The van der Waals surface area contributed by atoms with Crippen LogP contribution in [-0.4, -0.2) is 60.5 Å². The van der Waals surface area contributed by atoms with Gasteiger partial charge >= 0.3 is 0 Å².